The lowest BCUT2D eigenvalue weighted by atomic mass is 9.60. The minimum absolute atomic E-state index is 0.224. The van der Waals surface area contributed by atoms with Crippen molar-refractivity contribution in [3.63, 3.8) is 0 Å². The smallest absolute Gasteiger partial charge is 0.115 e. The summed E-state index contributed by atoms with van der Waals surface area (Å²) in [4.78, 5) is 2.47. The van der Waals surface area contributed by atoms with E-state index in [1.165, 1.54) is 24.1 Å². The molecule has 1 N–H and O–H groups in total. The van der Waals surface area contributed by atoms with Crippen molar-refractivity contribution in [2.45, 2.75) is 32.1 Å². The molecule has 18 heavy (non-hydrogen) atoms. The predicted molar refractivity (Wildman–Crippen MR) is 73.9 cm³/mol. The Labute approximate surface area is 110 Å². The highest BCUT2D eigenvalue weighted by molar-refractivity contribution is 5.43. The maximum Gasteiger partial charge on any atom is 0.115 e. The van der Waals surface area contributed by atoms with Gasteiger partial charge in [0.1, 0.15) is 5.75 Å². The highest BCUT2D eigenvalue weighted by Crippen LogP contribution is 2.48. The van der Waals surface area contributed by atoms with E-state index in [-0.39, 0.29) is 5.41 Å². The quantitative estimate of drug-likeness (QED) is 0.759. The zero-order valence-corrected chi connectivity index (χ0v) is 11.6. The number of likely N-dealkylation sites (tertiary alicyclic amines) is 1. The molecule has 0 saturated carbocycles. The second-order valence-corrected chi connectivity index (χ2v) is 6.52. The van der Waals surface area contributed by atoms with E-state index in [1.807, 2.05) is 12.1 Å². The van der Waals surface area contributed by atoms with Crippen LogP contribution in [-0.4, -0.2) is 30.1 Å². The van der Waals surface area contributed by atoms with Crippen LogP contribution in [0.15, 0.2) is 18.2 Å². The van der Waals surface area contributed by atoms with Crippen LogP contribution in [0.5, 0.6) is 5.75 Å². The lowest BCUT2D eigenvalue weighted by Crippen LogP contribution is -2.41. The first kappa shape index (κ1) is 12.0. The van der Waals surface area contributed by atoms with Gasteiger partial charge in [-0.3, -0.25) is 0 Å². The zero-order valence-electron chi connectivity index (χ0n) is 11.6. The molecule has 2 heteroatoms. The average Bonchev–Trinajstić information content (AvgIpc) is 2.41. The lowest BCUT2D eigenvalue weighted by Gasteiger charge is -2.44. The van der Waals surface area contributed by atoms with Crippen LogP contribution in [0.25, 0.3) is 0 Å². The third-order valence-corrected chi connectivity index (χ3v) is 5.46. The molecule has 0 unspecified atom stereocenters. The van der Waals surface area contributed by atoms with Gasteiger partial charge in [-0.05, 0) is 66.9 Å². The average molecular weight is 245 g/mol. The molecule has 3 atom stereocenters. The molecule has 1 fully saturated rings. The molecule has 1 aliphatic heterocycles. The van der Waals surface area contributed by atoms with Crippen LogP contribution in [0.2, 0.25) is 0 Å². The van der Waals surface area contributed by atoms with Gasteiger partial charge in [-0.15, -0.1) is 0 Å². The monoisotopic (exact) mass is 245 g/mol. The van der Waals surface area contributed by atoms with Crippen molar-refractivity contribution in [3.8, 4) is 5.75 Å². The van der Waals surface area contributed by atoms with Crippen molar-refractivity contribution in [3.05, 3.63) is 29.3 Å². The summed E-state index contributed by atoms with van der Waals surface area (Å²) in [6, 6.07) is 5.98. The van der Waals surface area contributed by atoms with Gasteiger partial charge in [0.15, 0.2) is 0 Å². The predicted octanol–water partition coefficient (Wildman–Crippen LogP) is 2.79. The Hall–Kier alpha value is -1.02. The van der Waals surface area contributed by atoms with E-state index in [2.05, 4.69) is 31.9 Å². The fraction of sp³-hybridized carbons (Fsp3) is 0.625. The number of phenols is 1. The molecule has 2 nitrogen and oxygen atoms in total. The van der Waals surface area contributed by atoms with Crippen LogP contribution >= 0.6 is 0 Å². The fourth-order valence-electron chi connectivity index (χ4n) is 4.00. The number of phenolic OH excluding ortho intramolecular Hbond substituents is 1. The van der Waals surface area contributed by atoms with Gasteiger partial charge in [0.25, 0.3) is 0 Å². The third kappa shape index (κ3) is 1.66. The first-order chi connectivity index (χ1) is 8.50. The SMILES string of the molecule is C[C@@H]1[C@H]2Cc3ccc(O)cc3[C@@]1(C)CCN(C)C2. The highest BCUT2D eigenvalue weighted by atomic mass is 16.3. The first-order valence-electron chi connectivity index (χ1n) is 7.01. The maximum absolute atomic E-state index is 9.80. The molecular formula is C16H23NO. The van der Waals surface area contributed by atoms with E-state index in [4.69, 9.17) is 0 Å². The minimum Gasteiger partial charge on any atom is -0.508 e. The van der Waals surface area contributed by atoms with E-state index >= 15 is 0 Å². The topological polar surface area (TPSA) is 23.5 Å². The normalized spacial score (nSPS) is 35.9. The molecule has 1 heterocycles. The van der Waals surface area contributed by atoms with Gasteiger partial charge in [-0.1, -0.05) is 19.9 Å². The van der Waals surface area contributed by atoms with Gasteiger partial charge in [-0.2, -0.15) is 0 Å². The van der Waals surface area contributed by atoms with Gasteiger partial charge < -0.3 is 10.0 Å². The Morgan fingerprint density at radius 3 is 2.94 bits per heavy atom. The number of hydrogen-bond donors (Lipinski definition) is 1. The number of nitrogens with zero attached hydrogens (tertiary/aromatic N) is 1. The van der Waals surface area contributed by atoms with E-state index in [9.17, 15) is 5.11 Å². The summed E-state index contributed by atoms with van der Waals surface area (Å²) >= 11 is 0. The number of hydrogen-bond acceptors (Lipinski definition) is 2. The summed E-state index contributed by atoms with van der Waals surface area (Å²) in [5, 5.41) is 9.80. The van der Waals surface area contributed by atoms with E-state index < -0.39 is 0 Å². The van der Waals surface area contributed by atoms with Gasteiger partial charge in [-0.25, -0.2) is 0 Å². The van der Waals surface area contributed by atoms with Crippen LogP contribution in [0, 0.1) is 11.8 Å². The molecule has 2 bridgehead atoms. The first-order valence-corrected chi connectivity index (χ1v) is 7.01. The zero-order chi connectivity index (χ0) is 12.9. The largest absolute Gasteiger partial charge is 0.508 e. The second-order valence-electron chi connectivity index (χ2n) is 6.52. The van der Waals surface area contributed by atoms with Crippen molar-refractivity contribution in [2.75, 3.05) is 20.1 Å². The standard InChI is InChI=1S/C16H23NO/c1-11-13-8-12-4-5-14(18)9-15(12)16(11,2)6-7-17(3)10-13/h4-5,9,11,13,18H,6-8,10H2,1-3H3/t11-,13+,16+/m1/s1. The van der Waals surface area contributed by atoms with Crippen molar-refractivity contribution < 1.29 is 5.11 Å². The Bertz CT molecular complexity index is 470. The number of rotatable bonds is 0. The second kappa shape index (κ2) is 3.99. The maximum atomic E-state index is 9.80. The minimum atomic E-state index is 0.224. The van der Waals surface area contributed by atoms with Crippen molar-refractivity contribution >= 4 is 0 Å². The summed E-state index contributed by atoms with van der Waals surface area (Å²) in [6.07, 6.45) is 2.36. The molecule has 0 radical (unpaired) electrons. The molecule has 0 spiro atoms. The molecule has 1 aromatic carbocycles. The van der Waals surface area contributed by atoms with Crippen LogP contribution in [0.4, 0.5) is 0 Å². The van der Waals surface area contributed by atoms with Gasteiger partial charge >= 0.3 is 0 Å². The molecular weight excluding hydrogens is 222 g/mol. The third-order valence-electron chi connectivity index (χ3n) is 5.46. The Morgan fingerprint density at radius 1 is 1.39 bits per heavy atom. The number of benzene rings is 1. The van der Waals surface area contributed by atoms with Crippen LogP contribution < -0.4 is 0 Å². The Balaban J connectivity index is 2.13. The van der Waals surface area contributed by atoms with Crippen LogP contribution in [0.1, 0.15) is 31.4 Å². The fourth-order valence-corrected chi connectivity index (χ4v) is 4.00. The summed E-state index contributed by atoms with van der Waals surface area (Å²) in [5.41, 5.74) is 3.07. The van der Waals surface area contributed by atoms with Crippen molar-refractivity contribution in [1.29, 1.82) is 0 Å². The summed E-state index contributed by atoms with van der Waals surface area (Å²) in [7, 11) is 2.24. The van der Waals surface area contributed by atoms with Crippen molar-refractivity contribution in [1.82, 2.24) is 4.90 Å². The van der Waals surface area contributed by atoms with Crippen LogP contribution in [-0.2, 0) is 11.8 Å². The summed E-state index contributed by atoms with van der Waals surface area (Å²) in [5.74, 6) is 1.86. The van der Waals surface area contributed by atoms with E-state index in [0.717, 1.165) is 18.9 Å². The molecule has 2 aliphatic rings. The number of fused-ring (bicyclic) bond motifs is 4. The van der Waals surface area contributed by atoms with E-state index in [1.54, 1.807) is 0 Å². The van der Waals surface area contributed by atoms with Gasteiger partial charge in [0, 0.05) is 6.54 Å². The van der Waals surface area contributed by atoms with Crippen molar-refractivity contribution in [2.24, 2.45) is 11.8 Å². The molecule has 0 amide bonds. The highest BCUT2D eigenvalue weighted by Gasteiger charge is 2.44. The molecule has 0 aromatic heterocycles. The Morgan fingerprint density at radius 2 is 2.17 bits per heavy atom. The summed E-state index contributed by atoms with van der Waals surface area (Å²) in [6.45, 7) is 7.15. The van der Waals surface area contributed by atoms with Crippen LogP contribution in [0.3, 0.4) is 0 Å². The molecule has 3 rings (SSSR count). The van der Waals surface area contributed by atoms with Gasteiger partial charge in [0.05, 0.1) is 0 Å². The number of aromatic hydroxyl groups is 1. The molecule has 1 aliphatic carbocycles. The Kier molecular flexibility index (Phi) is 2.67. The molecule has 1 saturated heterocycles. The molecule has 1 aromatic rings. The molecule has 98 valence electrons. The van der Waals surface area contributed by atoms with Gasteiger partial charge in [0.2, 0.25) is 0 Å². The lowest BCUT2D eigenvalue weighted by molar-refractivity contribution is 0.197. The summed E-state index contributed by atoms with van der Waals surface area (Å²) < 4.78 is 0. The van der Waals surface area contributed by atoms with E-state index in [0.29, 0.717) is 11.7 Å².